The summed E-state index contributed by atoms with van der Waals surface area (Å²) in [7, 11) is 2.82. The Kier molecular flexibility index (Phi) is 3.26. The number of methoxy groups -OCH3 is 2. The van der Waals surface area contributed by atoms with E-state index in [2.05, 4.69) is 0 Å². The zero-order valence-corrected chi connectivity index (χ0v) is 9.68. The molecule has 1 rings (SSSR count). The van der Waals surface area contributed by atoms with E-state index in [1.807, 2.05) is 0 Å². The van der Waals surface area contributed by atoms with Gasteiger partial charge in [0.25, 0.3) is 0 Å². The molecule has 14 heavy (non-hydrogen) atoms. The fourth-order valence-electron chi connectivity index (χ4n) is 1.03. The standard InChI is InChI=1S/C8H11AsO5/c1-13-6-3-4-7(9(10,11)12)8(5-6)14-2/h3-5H,1-2H3,(H2,10,11,12). The van der Waals surface area contributed by atoms with Gasteiger partial charge < -0.3 is 0 Å². The van der Waals surface area contributed by atoms with E-state index in [1.54, 1.807) is 0 Å². The van der Waals surface area contributed by atoms with Gasteiger partial charge in [-0.3, -0.25) is 0 Å². The Morgan fingerprint density at radius 1 is 1.21 bits per heavy atom. The summed E-state index contributed by atoms with van der Waals surface area (Å²) in [6.07, 6.45) is 0. The molecular weight excluding hydrogens is 251 g/mol. The third kappa shape index (κ3) is 2.32. The van der Waals surface area contributed by atoms with Crippen molar-refractivity contribution in [3.8, 4) is 11.5 Å². The van der Waals surface area contributed by atoms with Crippen LogP contribution >= 0.6 is 0 Å². The van der Waals surface area contributed by atoms with Crippen LogP contribution in [0.4, 0.5) is 0 Å². The molecule has 1 aromatic carbocycles. The Hall–Kier alpha value is -0.902. The van der Waals surface area contributed by atoms with Crippen molar-refractivity contribution in [1.82, 2.24) is 0 Å². The van der Waals surface area contributed by atoms with Crippen LogP contribution in [0.1, 0.15) is 0 Å². The Labute approximate surface area is 84.3 Å². The molecule has 0 saturated heterocycles. The molecule has 0 bridgehead atoms. The van der Waals surface area contributed by atoms with Crippen molar-refractivity contribution in [2.45, 2.75) is 0 Å². The minimum absolute atomic E-state index is 0.0774. The topological polar surface area (TPSA) is 76.0 Å². The van der Waals surface area contributed by atoms with Crippen molar-refractivity contribution in [2.24, 2.45) is 0 Å². The van der Waals surface area contributed by atoms with E-state index >= 15 is 0 Å². The third-order valence-electron chi connectivity index (χ3n) is 1.70. The van der Waals surface area contributed by atoms with Crippen LogP contribution in [0.25, 0.3) is 0 Å². The van der Waals surface area contributed by atoms with Crippen molar-refractivity contribution < 1.29 is 21.4 Å². The zero-order valence-electron chi connectivity index (χ0n) is 7.80. The Morgan fingerprint density at radius 3 is 2.29 bits per heavy atom. The van der Waals surface area contributed by atoms with Gasteiger partial charge in [0.05, 0.1) is 0 Å². The SMILES string of the molecule is COc1ccc([As](=O)(O)O)c(OC)c1. The van der Waals surface area contributed by atoms with Crippen molar-refractivity contribution in [1.29, 1.82) is 0 Å². The molecule has 2 N–H and O–H groups in total. The molecule has 0 amide bonds. The predicted octanol–water partition coefficient (Wildman–Crippen LogP) is -0.735. The molecule has 0 unspecified atom stereocenters. The second-order valence-corrected chi connectivity index (χ2v) is 5.88. The van der Waals surface area contributed by atoms with E-state index in [4.69, 9.17) is 17.7 Å². The van der Waals surface area contributed by atoms with E-state index in [0.717, 1.165) is 0 Å². The van der Waals surface area contributed by atoms with E-state index in [1.165, 1.54) is 32.4 Å². The summed E-state index contributed by atoms with van der Waals surface area (Å²) in [6, 6.07) is 4.24. The Balaban J connectivity index is 3.25. The van der Waals surface area contributed by atoms with Crippen LogP contribution in [0, 0.1) is 0 Å². The first-order chi connectivity index (χ1) is 6.49. The van der Waals surface area contributed by atoms with Crippen molar-refractivity contribution in [2.75, 3.05) is 14.2 Å². The second-order valence-electron chi connectivity index (χ2n) is 2.58. The molecular formula is C8H11AsO5. The number of hydrogen-bond donors (Lipinski definition) is 2. The predicted molar refractivity (Wildman–Crippen MR) is 50.1 cm³/mol. The van der Waals surface area contributed by atoms with Gasteiger partial charge in [0, 0.05) is 0 Å². The molecule has 0 aliphatic carbocycles. The van der Waals surface area contributed by atoms with E-state index in [-0.39, 0.29) is 10.1 Å². The molecule has 5 nitrogen and oxygen atoms in total. The molecule has 6 heteroatoms. The Morgan fingerprint density at radius 2 is 1.86 bits per heavy atom. The molecule has 0 saturated carbocycles. The van der Waals surface area contributed by atoms with Gasteiger partial charge in [-0.1, -0.05) is 0 Å². The van der Waals surface area contributed by atoms with Crippen LogP contribution < -0.4 is 13.8 Å². The van der Waals surface area contributed by atoms with Crippen LogP contribution in [0.2, 0.25) is 0 Å². The molecule has 0 aliphatic rings. The summed E-state index contributed by atoms with van der Waals surface area (Å²) >= 11 is -4.90. The molecule has 0 heterocycles. The van der Waals surface area contributed by atoms with Gasteiger partial charge in [0.15, 0.2) is 0 Å². The first-order valence-corrected chi connectivity index (χ1v) is 7.15. The van der Waals surface area contributed by atoms with Crippen LogP contribution in [0.5, 0.6) is 11.5 Å². The number of rotatable bonds is 3. The van der Waals surface area contributed by atoms with Crippen LogP contribution in [-0.2, 0) is 3.74 Å². The molecule has 0 aliphatic heterocycles. The van der Waals surface area contributed by atoms with Gasteiger partial charge >= 0.3 is 83.8 Å². The van der Waals surface area contributed by atoms with Gasteiger partial charge in [0.2, 0.25) is 0 Å². The number of benzene rings is 1. The molecule has 0 aromatic heterocycles. The fraction of sp³-hybridized carbons (Fsp3) is 0.250. The summed E-state index contributed by atoms with van der Waals surface area (Å²) in [5.74, 6) is 0.645. The molecule has 0 atom stereocenters. The van der Waals surface area contributed by atoms with Gasteiger partial charge in [0.1, 0.15) is 0 Å². The fourth-order valence-corrected chi connectivity index (χ4v) is 2.52. The summed E-state index contributed by atoms with van der Waals surface area (Å²) in [4.78, 5) is 0. The average molecular weight is 262 g/mol. The molecule has 0 radical (unpaired) electrons. The second kappa shape index (κ2) is 4.09. The normalized spacial score (nSPS) is 11.1. The van der Waals surface area contributed by atoms with Gasteiger partial charge in [-0.2, -0.15) is 0 Å². The van der Waals surface area contributed by atoms with E-state index in [0.29, 0.717) is 5.75 Å². The average Bonchev–Trinajstić information content (AvgIpc) is 2.15. The van der Waals surface area contributed by atoms with Gasteiger partial charge in [-0.15, -0.1) is 0 Å². The molecule has 78 valence electrons. The first-order valence-electron chi connectivity index (χ1n) is 3.77. The minimum atomic E-state index is -4.90. The van der Waals surface area contributed by atoms with Crippen LogP contribution in [0.3, 0.4) is 0 Å². The van der Waals surface area contributed by atoms with Crippen LogP contribution in [-0.4, -0.2) is 36.6 Å². The van der Waals surface area contributed by atoms with E-state index in [9.17, 15) is 3.74 Å². The molecule has 1 aromatic rings. The maximum absolute atomic E-state index is 11.0. The third-order valence-corrected chi connectivity index (χ3v) is 3.79. The summed E-state index contributed by atoms with van der Waals surface area (Å²) < 4.78 is 38.8. The molecule has 0 spiro atoms. The monoisotopic (exact) mass is 262 g/mol. The molecule has 0 fully saturated rings. The summed E-state index contributed by atoms with van der Waals surface area (Å²) in [5.41, 5.74) is 0. The first kappa shape index (κ1) is 11.2. The quantitative estimate of drug-likeness (QED) is 0.702. The van der Waals surface area contributed by atoms with Gasteiger partial charge in [-0.25, -0.2) is 0 Å². The van der Waals surface area contributed by atoms with Gasteiger partial charge in [-0.05, 0) is 0 Å². The van der Waals surface area contributed by atoms with Crippen LogP contribution in [0.15, 0.2) is 18.2 Å². The van der Waals surface area contributed by atoms with E-state index < -0.39 is 14.2 Å². The van der Waals surface area contributed by atoms with Crippen molar-refractivity contribution in [3.05, 3.63) is 18.2 Å². The summed E-state index contributed by atoms with van der Waals surface area (Å²) in [5, 5.41) is 0. The summed E-state index contributed by atoms with van der Waals surface area (Å²) in [6.45, 7) is 0. The maximum atomic E-state index is 11.0. The zero-order chi connectivity index (χ0) is 10.8. The Bertz CT molecular complexity index is 370. The number of hydrogen-bond acceptors (Lipinski definition) is 3. The van der Waals surface area contributed by atoms with Crippen molar-refractivity contribution in [3.63, 3.8) is 0 Å². The van der Waals surface area contributed by atoms with Crippen molar-refractivity contribution >= 4 is 18.5 Å². The number of ether oxygens (including phenoxy) is 2.